The van der Waals surface area contributed by atoms with Crippen molar-refractivity contribution in [3.8, 4) is 0 Å². The van der Waals surface area contributed by atoms with Crippen LogP contribution in [-0.2, 0) is 0 Å². The molecule has 8 heavy (non-hydrogen) atoms. The summed E-state index contributed by atoms with van der Waals surface area (Å²) in [6, 6.07) is 0. The summed E-state index contributed by atoms with van der Waals surface area (Å²) in [6.45, 7) is 8.25. The average molecular weight is 112 g/mol. The van der Waals surface area contributed by atoms with E-state index >= 15 is 0 Å². The Balaban J connectivity index is 0. The second kappa shape index (κ2) is 9.34. The van der Waals surface area contributed by atoms with Gasteiger partial charge in [0.2, 0.25) is 0 Å². The van der Waals surface area contributed by atoms with Crippen molar-refractivity contribution in [1.82, 2.24) is 0 Å². The number of hydrogen-bond donors (Lipinski definition) is 2. The molecule has 3 N–H and O–H groups in total. The van der Waals surface area contributed by atoms with Gasteiger partial charge in [-0.15, -0.1) is 0 Å². The molecule has 2 nitrogen and oxygen atoms in total. The SMILES string of the molecule is C=CC=C.CC(=N)N. The van der Waals surface area contributed by atoms with Crippen LogP contribution < -0.4 is 5.73 Å². The smallest absolute Gasteiger partial charge is 0.0873 e. The number of rotatable bonds is 1. The first-order valence-electron chi connectivity index (χ1n) is 2.19. The highest BCUT2D eigenvalue weighted by Crippen LogP contribution is 1.52. The van der Waals surface area contributed by atoms with Crippen molar-refractivity contribution >= 4 is 5.84 Å². The molecule has 0 saturated heterocycles. The number of allylic oxidation sites excluding steroid dienone is 2. The maximum Gasteiger partial charge on any atom is 0.0873 e. The normalized spacial score (nSPS) is 5.62. The van der Waals surface area contributed by atoms with Gasteiger partial charge in [-0.05, 0) is 6.92 Å². The lowest BCUT2D eigenvalue weighted by atomic mass is 10.6. The van der Waals surface area contributed by atoms with Gasteiger partial charge in [0.1, 0.15) is 0 Å². The summed E-state index contributed by atoms with van der Waals surface area (Å²) in [5, 5.41) is 6.28. The molecule has 0 rings (SSSR count). The quantitative estimate of drug-likeness (QED) is 0.300. The average Bonchev–Trinajstić information content (AvgIpc) is 1.65. The Kier molecular flexibility index (Phi) is 11.7. The zero-order chi connectivity index (χ0) is 6.99. The molecule has 0 bridgehead atoms. The molecule has 0 aliphatic carbocycles. The van der Waals surface area contributed by atoms with Gasteiger partial charge in [-0.25, -0.2) is 0 Å². The largest absolute Gasteiger partial charge is 0.388 e. The van der Waals surface area contributed by atoms with Gasteiger partial charge in [-0.3, -0.25) is 5.41 Å². The van der Waals surface area contributed by atoms with E-state index in [1.54, 1.807) is 12.2 Å². The first-order chi connectivity index (χ1) is 3.65. The molecule has 46 valence electrons. The van der Waals surface area contributed by atoms with E-state index in [0.717, 1.165) is 0 Å². The maximum absolute atomic E-state index is 6.28. The number of hydrogen-bond acceptors (Lipinski definition) is 1. The number of nitrogens with one attached hydrogen (secondary N) is 1. The molecule has 0 amide bonds. The molecule has 0 fully saturated rings. The molecule has 2 heteroatoms. The first-order valence-corrected chi connectivity index (χ1v) is 2.19. The zero-order valence-electron chi connectivity index (χ0n) is 5.15. The predicted octanol–water partition coefficient (Wildman–Crippen LogP) is 1.30. The third kappa shape index (κ3) is 30900. The van der Waals surface area contributed by atoms with E-state index in [2.05, 4.69) is 13.2 Å². The molecular formula is C6H12N2. The van der Waals surface area contributed by atoms with E-state index in [4.69, 9.17) is 11.1 Å². The van der Waals surface area contributed by atoms with E-state index in [9.17, 15) is 0 Å². The lowest BCUT2D eigenvalue weighted by Gasteiger charge is -1.66. The minimum atomic E-state index is 0.167. The molecule has 0 aliphatic rings. The lowest BCUT2D eigenvalue weighted by molar-refractivity contribution is 1.42. The summed E-state index contributed by atoms with van der Waals surface area (Å²) in [5.74, 6) is 0.167. The van der Waals surface area contributed by atoms with E-state index in [0.29, 0.717) is 0 Å². The van der Waals surface area contributed by atoms with Gasteiger partial charge in [0.25, 0.3) is 0 Å². The van der Waals surface area contributed by atoms with Crippen molar-refractivity contribution in [2.75, 3.05) is 0 Å². The highest BCUT2D eigenvalue weighted by Gasteiger charge is 1.53. The van der Waals surface area contributed by atoms with Gasteiger partial charge in [0.05, 0.1) is 5.84 Å². The Morgan fingerprint density at radius 3 is 1.62 bits per heavy atom. The van der Waals surface area contributed by atoms with Gasteiger partial charge in [0.15, 0.2) is 0 Å². The van der Waals surface area contributed by atoms with Crippen LogP contribution >= 0.6 is 0 Å². The minimum Gasteiger partial charge on any atom is -0.388 e. The molecule has 0 atom stereocenters. The second-order valence-corrected chi connectivity index (χ2v) is 1.15. The van der Waals surface area contributed by atoms with Gasteiger partial charge in [-0.1, -0.05) is 25.3 Å². The van der Waals surface area contributed by atoms with Gasteiger partial charge in [0, 0.05) is 0 Å². The molecule has 0 unspecified atom stereocenters. The standard InChI is InChI=1S/C4H6.C2H6N2/c1-3-4-2;1-2(3)4/h3-4H,1-2H2;1H3,(H3,3,4). The van der Waals surface area contributed by atoms with Crippen LogP contribution in [0.15, 0.2) is 25.3 Å². The van der Waals surface area contributed by atoms with Crippen LogP contribution in [0.1, 0.15) is 6.92 Å². The molecule has 0 saturated carbocycles. The maximum atomic E-state index is 6.28. The fraction of sp³-hybridized carbons (Fsp3) is 0.167. The third-order valence-corrected chi connectivity index (χ3v) is 0.167. The fourth-order valence-corrected chi connectivity index (χ4v) is 0. The van der Waals surface area contributed by atoms with Crippen molar-refractivity contribution in [2.45, 2.75) is 6.92 Å². The summed E-state index contributed by atoms with van der Waals surface area (Å²) in [4.78, 5) is 0. The van der Waals surface area contributed by atoms with Crippen LogP contribution in [0, 0.1) is 5.41 Å². The Morgan fingerprint density at radius 2 is 1.62 bits per heavy atom. The van der Waals surface area contributed by atoms with E-state index in [-0.39, 0.29) is 5.84 Å². The highest BCUT2D eigenvalue weighted by molar-refractivity contribution is 5.73. The van der Waals surface area contributed by atoms with E-state index < -0.39 is 0 Å². The number of nitrogens with two attached hydrogens (primary N) is 1. The Morgan fingerprint density at radius 1 is 1.50 bits per heavy atom. The minimum absolute atomic E-state index is 0.167. The molecule has 0 aromatic carbocycles. The topological polar surface area (TPSA) is 49.9 Å². The highest BCUT2D eigenvalue weighted by atomic mass is 14.7. The molecule has 0 spiro atoms. The monoisotopic (exact) mass is 112 g/mol. The van der Waals surface area contributed by atoms with Crippen LogP contribution in [0.5, 0.6) is 0 Å². The van der Waals surface area contributed by atoms with Crippen molar-refractivity contribution in [3.05, 3.63) is 25.3 Å². The lowest BCUT2D eigenvalue weighted by Crippen LogP contribution is -2.00. The molecule has 0 aliphatic heterocycles. The molecule has 0 heterocycles. The van der Waals surface area contributed by atoms with E-state index in [1.165, 1.54) is 6.92 Å². The van der Waals surface area contributed by atoms with Gasteiger partial charge >= 0.3 is 0 Å². The van der Waals surface area contributed by atoms with Crippen molar-refractivity contribution in [1.29, 1.82) is 5.41 Å². The van der Waals surface area contributed by atoms with Crippen LogP contribution in [-0.4, -0.2) is 5.84 Å². The second-order valence-electron chi connectivity index (χ2n) is 1.15. The summed E-state index contributed by atoms with van der Waals surface area (Å²) in [5.41, 5.74) is 4.69. The molecule has 0 radical (unpaired) electrons. The molecule has 0 aromatic heterocycles. The summed E-state index contributed by atoms with van der Waals surface area (Å²) in [6.07, 6.45) is 3.28. The number of amidine groups is 1. The third-order valence-electron chi connectivity index (χ3n) is 0.167. The molecule has 0 aromatic rings. The Bertz CT molecular complexity index is 74.5. The summed E-state index contributed by atoms with van der Waals surface area (Å²) >= 11 is 0. The van der Waals surface area contributed by atoms with E-state index in [1.807, 2.05) is 0 Å². The van der Waals surface area contributed by atoms with Crippen molar-refractivity contribution in [2.24, 2.45) is 5.73 Å². The van der Waals surface area contributed by atoms with Crippen LogP contribution in [0.2, 0.25) is 0 Å². The summed E-state index contributed by atoms with van der Waals surface area (Å²) in [7, 11) is 0. The fourth-order valence-electron chi connectivity index (χ4n) is 0. The zero-order valence-corrected chi connectivity index (χ0v) is 5.15. The summed E-state index contributed by atoms with van der Waals surface area (Å²) < 4.78 is 0. The molecular weight excluding hydrogens is 100 g/mol. The van der Waals surface area contributed by atoms with Gasteiger partial charge in [-0.2, -0.15) is 0 Å². The first kappa shape index (κ1) is 10.0. The van der Waals surface area contributed by atoms with Crippen molar-refractivity contribution in [3.63, 3.8) is 0 Å². The Hall–Kier alpha value is -1.05. The van der Waals surface area contributed by atoms with Gasteiger partial charge < -0.3 is 5.73 Å². The van der Waals surface area contributed by atoms with Crippen LogP contribution in [0.3, 0.4) is 0 Å². The predicted molar refractivity (Wildman–Crippen MR) is 38.0 cm³/mol. The van der Waals surface area contributed by atoms with Crippen LogP contribution in [0.4, 0.5) is 0 Å². The van der Waals surface area contributed by atoms with Crippen LogP contribution in [0.25, 0.3) is 0 Å². The van der Waals surface area contributed by atoms with Crippen molar-refractivity contribution < 1.29 is 0 Å². The Labute approximate surface area is 50.2 Å².